The van der Waals surface area contributed by atoms with Crippen molar-refractivity contribution in [1.29, 1.82) is 0 Å². The fraction of sp³-hybridized carbons (Fsp3) is 0.316. The van der Waals surface area contributed by atoms with E-state index in [1.54, 1.807) is 30.3 Å². The van der Waals surface area contributed by atoms with Crippen LogP contribution in [0.5, 0.6) is 0 Å². The summed E-state index contributed by atoms with van der Waals surface area (Å²) >= 11 is 5.91. The van der Waals surface area contributed by atoms with E-state index in [0.29, 0.717) is 22.3 Å². The molecule has 2 aromatic carbocycles. The molecule has 0 saturated carbocycles. The number of carbonyl (C=O) groups is 1. The first-order valence-electron chi connectivity index (χ1n) is 8.21. The van der Waals surface area contributed by atoms with Crippen LogP contribution in [-0.4, -0.2) is 27.1 Å². The quantitative estimate of drug-likeness (QED) is 0.799. The molecule has 2 rings (SSSR count). The van der Waals surface area contributed by atoms with E-state index in [2.05, 4.69) is 19.2 Å². The number of rotatable bonds is 6. The van der Waals surface area contributed by atoms with Crippen LogP contribution in [0.2, 0.25) is 5.02 Å². The number of nitrogens with one attached hydrogen (secondary N) is 1. The Morgan fingerprint density at radius 3 is 2.27 bits per heavy atom. The Morgan fingerprint density at radius 2 is 1.77 bits per heavy atom. The molecule has 0 fully saturated rings. The molecule has 0 spiro atoms. The van der Waals surface area contributed by atoms with E-state index in [-0.39, 0.29) is 6.54 Å². The molecule has 0 bridgehead atoms. The lowest BCUT2D eigenvalue weighted by Gasteiger charge is -2.22. The lowest BCUT2D eigenvalue weighted by atomic mass is 10.0. The van der Waals surface area contributed by atoms with Crippen LogP contribution in [0, 0.1) is 6.92 Å². The summed E-state index contributed by atoms with van der Waals surface area (Å²) in [5, 5.41) is 3.31. The SMILES string of the molecule is Cc1cc(Cl)ccc1NC(=O)CN(c1ccc(C(C)C)cc1)S(C)(=O)=O. The van der Waals surface area contributed by atoms with Gasteiger partial charge in [0.15, 0.2) is 0 Å². The van der Waals surface area contributed by atoms with Crippen LogP contribution >= 0.6 is 11.6 Å². The standard InChI is InChI=1S/C19H23ClN2O3S/c1-13(2)15-5-8-17(9-6-15)22(26(4,24)25)12-19(23)21-18-10-7-16(20)11-14(18)3/h5-11,13H,12H2,1-4H3,(H,21,23). The van der Waals surface area contributed by atoms with Gasteiger partial charge < -0.3 is 5.32 Å². The number of anilines is 2. The van der Waals surface area contributed by atoms with E-state index in [0.717, 1.165) is 21.7 Å². The van der Waals surface area contributed by atoms with Crippen molar-refractivity contribution in [3.8, 4) is 0 Å². The Balaban J connectivity index is 2.21. The van der Waals surface area contributed by atoms with E-state index in [1.165, 1.54) is 0 Å². The Bertz CT molecular complexity index is 894. The largest absolute Gasteiger partial charge is 0.324 e. The first-order chi connectivity index (χ1) is 12.1. The number of amides is 1. The minimum absolute atomic E-state index is 0.304. The van der Waals surface area contributed by atoms with Crippen molar-refractivity contribution in [3.05, 3.63) is 58.6 Å². The van der Waals surface area contributed by atoms with Crippen molar-refractivity contribution < 1.29 is 13.2 Å². The minimum atomic E-state index is -3.60. The van der Waals surface area contributed by atoms with Crippen LogP contribution in [0.1, 0.15) is 30.9 Å². The van der Waals surface area contributed by atoms with E-state index in [4.69, 9.17) is 11.6 Å². The first-order valence-corrected chi connectivity index (χ1v) is 10.4. The number of halogens is 1. The Hall–Kier alpha value is -2.05. The van der Waals surface area contributed by atoms with Gasteiger partial charge in [-0.1, -0.05) is 37.6 Å². The highest BCUT2D eigenvalue weighted by molar-refractivity contribution is 7.92. The van der Waals surface area contributed by atoms with Gasteiger partial charge in [-0.3, -0.25) is 9.10 Å². The fourth-order valence-corrected chi connectivity index (χ4v) is 3.60. The molecular weight excluding hydrogens is 372 g/mol. The van der Waals surface area contributed by atoms with Gasteiger partial charge in [0.1, 0.15) is 6.54 Å². The molecule has 0 aromatic heterocycles. The number of carbonyl (C=O) groups excluding carboxylic acids is 1. The van der Waals surface area contributed by atoms with Gasteiger partial charge in [-0.15, -0.1) is 0 Å². The highest BCUT2D eigenvalue weighted by atomic mass is 35.5. The van der Waals surface area contributed by atoms with Crippen LogP contribution < -0.4 is 9.62 Å². The maximum atomic E-state index is 12.4. The van der Waals surface area contributed by atoms with E-state index in [9.17, 15) is 13.2 Å². The summed E-state index contributed by atoms with van der Waals surface area (Å²) < 4.78 is 25.5. The van der Waals surface area contributed by atoms with Crippen molar-refractivity contribution in [1.82, 2.24) is 0 Å². The summed E-state index contributed by atoms with van der Waals surface area (Å²) in [7, 11) is -3.60. The molecule has 0 unspecified atom stereocenters. The van der Waals surface area contributed by atoms with Crippen LogP contribution in [0.4, 0.5) is 11.4 Å². The van der Waals surface area contributed by atoms with Gasteiger partial charge >= 0.3 is 0 Å². The second kappa shape index (κ2) is 8.10. The number of hydrogen-bond acceptors (Lipinski definition) is 3. The molecule has 5 nitrogen and oxygen atoms in total. The smallest absolute Gasteiger partial charge is 0.245 e. The number of aryl methyl sites for hydroxylation is 1. The fourth-order valence-electron chi connectivity index (χ4n) is 2.51. The lowest BCUT2D eigenvalue weighted by molar-refractivity contribution is -0.114. The van der Waals surface area contributed by atoms with Crippen molar-refractivity contribution in [2.24, 2.45) is 0 Å². The predicted molar refractivity (Wildman–Crippen MR) is 108 cm³/mol. The van der Waals surface area contributed by atoms with Crippen molar-refractivity contribution >= 4 is 38.9 Å². The van der Waals surface area contributed by atoms with Crippen LogP contribution in [0.3, 0.4) is 0 Å². The molecule has 26 heavy (non-hydrogen) atoms. The number of benzene rings is 2. The Kier molecular flexibility index (Phi) is 6.31. The third-order valence-corrected chi connectivity index (χ3v) is 5.37. The molecule has 0 atom stereocenters. The molecule has 0 aliphatic heterocycles. The lowest BCUT2D eigenvalue weighted by Crippen LogP contribution is -2.37. The topological polar surface area (TPSA) is 66.5 Å². The van der Waals surface area contributed by atoms with E-state index < -0.39 is 15.9 Å². The zero-order chi connectivity index (χ0) is 19.5. The number of hydrogen-bond donors (Lipinski definition) is 1. The van der Waals surface area contributed by atoms with Gasteiger partial charge in [-0.05, 0) is 54.3 Å². The summed E-state index contributed by atoms with van der Waals surface area (Å²) in [6, 6.07) is 12.3. The van der Waals surface area contributed by atoms with Crippen molar-refractivity contribution in [2.75, 3.05) is 22.4 Å². The molecule has 0 radical (unpaired) electrons. The van der Waals surface area contributed by atoms with E-state index in [1.807, 2.05) is 19.1 Å². The highest BCUT2D eigenvalue weighted by Gasteiger charge is 2.21. The molecule has 140 valence electrons. The van der Waals surface area contributed by atoms with Crippen LogP contribution in [-0.2, 0) is 14.8 Å². The highest BCUT2D eigenvalue weighted by Crippen LogP contribution is 2.23. The summed E-state index contributed by atoms with van der Waals surface area (Å²) in [5.74, 6) is -0.0827. The average molecular weight is 395 g/mol. The van der Waals surface area contributed by atoms with Crippen molar-refractivity contribution in [2.45, 2.75) is 26.7 Å². The molecule has 1 N–H and O–H groups in total. The maximum Gasteiger partial charge on any atom is 0.245 e. The first kappa shape index (κ1) is 20.3. The number of nitrogens with zero attached hydrogens (tertiary/aromatic N) is 1. The zero-order valence-corrected chi connectivity index (χ0v) is 16.9. The van der Waals surface area contributed by atoms with Gasteiger partial charge in [0.05, 0.1) is 11.9 Å². The minimum Gasteiger partial charge on any atom is -0.324 e. The second-order valence-corrected chi connectivity index (χ2v) is 8.87. The molecule has 0 heterocycles. The molecular formula is C19H23ClN2O3S. The third-order valence-electron chi connectivity index (χ3n) is 4.00. The van der Waals surface area contributed by atoms with Gasteiger partial charge in [-0.25, -0.2) is 8.42 Å². The molecule has 0 aliphatic rings. The third kappa shape index (κ3) is 5.22. The monoisotopic (exact) mass is 394 g/mol. The Labute approximate surface area is 160 Å². The maximum absolute atomic E-state index is 12.4. The van der Waals surface area contributed by atoms with E-state index >= 15 is 0 Å². The molecule has 0 saturated heterocycles. The molecule has 0 aliphatic carbocycles. The van der Waals surface area contributed by atoms with Gasteiger partial charge in [0.25, 0.3) is 0 Å². The van der Waals surface area contributed by atoms with Crippen LogP contribution in [0.25, 0.3) is 0 Å². The summed E-state index contributed by atoms with van der Waals surface area (Å²) in [4.78, 5) is 12.4. The molecule has 2 aromatic rings. The Morgan fingerprint density at radius 1 is 1.15 bits per heavy atom. The zero-order valence-electron chi connectivity index (χ0n) is 15.3. The van der Waals surface area contributed by atoms with Gasteiger partial charge in [0.2, 0.25) is 15.9 Å². The summed E-state index contributed by atoms with van der Waals surface area (Å²) in [6.07, 6.45) is 1.09. The second-order valence-electron chi connectivity index (χ2n) is 6.52. The van der Waals surface area contributed by atoms with Gasteiger partial charge in [-0.2, -0.15) is 0 Å². The summed E-state index contributed by atoms with van der Waals surface area (Å²) in [5.41, 5.74) is 2.96. The summed E-state index contributed by atoms with van der Waals surface area (Å²) in [6.45, 7) is 5.64. The predicted octanol–water partition coefficient (Wildman–Crippen LogP) is 4.18. The van der Waals surface area contributed by atoms with Gasteiger partial charge in [0, 0.05) is 10.7 Å². The number of sulfonamides is 1. The molecule has 7 heteroatoms. The van der Waals surface area contributed by atoms with Crippen LogP contribution in [0.15, 0.2) is 42.5 Å². The molecule has 1 amide bonds. The normalized spacial score (nSPS) is 11.5. The van der Waals surface area contributed by atoms with Crippen molar-refractivity contribution in [3.63, 3.8) is 0 Å². The average Bonchev–Trinajstić information content (AvgIpc) is 2.54.